The van der Waals surface area contributed by atoms with Gasteiger partial charge in [-0.25, -0.2) is 9.79 Å². The summed E-state index contributed by atoms with van der Waals surface area (Å²) < 4.78 is 5.21. The number of amides is 1. The molecule has 0 fully saturated rings. The highest BCUT2D eigenvalue weighted by Crippen LogP contribution is 2.30. The van der Waals surface area contributed by atoms with Gasteiger partial charge in [0.1, 0.15) is 16.9 Å². The van der Waals surface area contributed by atoms with Crippen LogP contribution in [0, 0.1) is 0 Å². The third kappa shape index (κ3) is 2.06. The standard InChI is InChI=1S/C17H7Cl2NO4/c18-7-5-9-12(16(22)20-14(9)10(19)6-7)13-15(21)8-3-1-2-4-11(8)24-17(13)23/h1-6,21H. The maximum atomic E-state index is 12.4. The molecule has 118 valence electrons. The van der Waals surface area contributed by atoms with E-state index in [0.29, 0.717) is 5.39 Å². The van der Waals surface area contributed by atoms with Crippen molar-refractivity contribution in [2.45, 2.75) is 0 Å². The Morgan fingerprint density at radius 3 is 2.62 bits per heavy atom. The van der Waals surface area contributed by atoms with E-state index in [-0.39, 0.29) is 43.1 Å². The molecule has 1 aliphatic heterocycles. The highest BCUT2D eigenvalue weighted by molar-refractivity contribution is 6.35. The SMILES string of the molecule is O=C1N=c2c(Cl)cc(Cl)cc2=C1c1c(O)c2ccccc2oc1=O. The number of carbonyl (C=O) groups is 1. The normalized spacial score (nSPS) is 13.2. The van der Waals surface area contributed by atoms with Gasteiger partial charge in [-0.05, 0) is 24.3 Å². The van der Waals surface area contributed by atoms with Crippen molar-refractivity contribution in [1.29, 1.82) is 0 Å². The van der Waals surface area contributed by atoms with Gasteiger partial charge in [0.25, 0.3) is 5.91 Å². The van der Waals surface area contributed by atoms with Gasteiger partial charge >= 0.3 is 5.63 Å². The van der Waals surface area contributed by atoms with E-state index < -0.39 is 11.5 Å². The van der Waals surface area contributed by atoms with Crippen molar-refractivity contribution in [2.75, 3.05) is 0 Å². The summed E-state index contributed by atoms with van der Waals surface area (Å²) in [6, 6.07) is 9.40. The molecule has 4 rings (SSSR count). The first-order chi connectivity index (χ1) is 11.5. The Morgan fingerprint density at radius 1 is 1.08 bits per heavy atom. The Hall–Kier alpha value is -2.63. The molecule has 5 nitrogen and oxygen atoms in total. The van der Waals surface area contributed by atoms with Crippen LogP contribution in [0.2, 0.25) is 10.0 Å². The lowest BCUT2D eigenvalue weighted by Gasteiger charge is -2.06. The van der Waals surface area contributed by atoms with Crippen molar-refractivity contribution in [3.05, 3.63) is 73.0 Å². The number of halogens is 2. The van der Waals surface area contributed by atoms with E-state index in [9.17, 15) is 14.7 Å². The van der Waals surface area contributed by atoms with Crippen LogP contribution >= 0.6 is 23.2 Å². The van der Waals surface area contributed by atoms with Crippen LogP contribution in [-0.2, 0) is 4.79 Å². The van der Waals surface area contributed by atoms with Crippen LogP contribution in [-0.4, -0.2) is 11.0 Å². The number of para-hydroxylation sites is 1. The lowest BCUT2D eigenvalue weighted by atomic mass is 10.0. The van der Waals surface area contributed by atoms with Gasteiger partial charge in [0.15, 0.2) is 0 Å². The van der Waals surface area contributed by atoms with E-state index in [0.717, 1.165) is 0 Å². The summed E-state index contributed by atoms with van der Waals surface area (Å²) in [6.07, 6.45) is 0. The molecule has 2 heterocycles. The van der Waals surface area contributed by atoms with Crippen molar-refractivity contribution < 1.29 is 14.3 Å². The molecule has 1 aromatic heterocycles. The number of aromatic hydroxyl groups is 1. The summed E-state index contributed by atoms with van der Waals surface area (Å²) in [5, 5.41) is 11.8. The van der Waals surface area contributed by atoms with Crippen molar-refractivity contribution >= 4 is 45.7 Å². The van der Waals surface area contributed by atoms with Gasteiger partial charge in [0.2, 0.25) is 0 Å². The molecule has 2 aromatic carbocycles. The molecule has 3 aromatic rings. The highest BCUT2D eigenvalue weighted by Gasteiger charge is 2.27. The van der Waals surface area contributed by atoms with E-state index in [1.165, 1.54) is 12.1 Å². The lowest BCUT2D eigenvalue weighted by molar-refractivity contribution is -0.112. The highest BCUT2D eigenvalue weighted by atomic mass is 35.5. The number of fused-ring (bicyclic) bond motifs is 2. The zero-order valence-electron chi connectivity index (χ0n) is 11.8. The minimum Gasteiger partial charge on any atom is -0.506 e. The van der Waals surface area contributed by atoms with Gasteiger partial charge < -0.3 is 9.52 Å². The third-order valence-corrected chi connectivity index (χ3v) is 4.27. The average molecular weight is 360 g/mol. The van der Waals surface area contributed by atoms with Gasteiger partial charge in [-0.2, -0.15) is 0 Å². The quantitative estimate of drug-likeness (QED) is 0.675. The Bertz CT molecular complexity index is 1230. The van der Waals surface area contributed by atoms with Gasteiger partial charge in [0, 0.05) is 10.2 Å². The first-order valence-corrected chi connectivity index (χ1v) is 7.60. The maximum Gasteiger partial charge on any atom is 0.348 e. The Balaban J connectivity index is 2.21. The summed E-state index contributed by atoms with van der Waals surface area (Å²) in [6.45, 7) is 0. The van der Waals surface area contributed by atoms with Crippen LogP contribution in [0.1, 0.15) is 5.56 Å². The fourth-order valence-electron chi connectivity index (χ4n) is 2.74. The van der Waals surface area contributed by atoms with Crippen LogP contribution < -0.4 is 16.2 Å². The van der Waals surface area contributed by atoms with E-state index in [1.54, 1.807) is 24.3 Å². The maximum absolute atomic E-state index is 12.4. The fourth-order valence-corrected chi connectivity index (χ4v) is 3.27. The number of carbonyl (C=O) groups excluding carboxylic acids is 1. The molecule has 0 atom stereocenters. The van der Waals surface area contributed by atoms with Crippen LogP contribution in [0.4, 0.5) is 0 Å². The van der Waals surface area contributed by atoms with Crippen LogP contribution in [0.5, 0.6) is 5.75 Å². The topological polar surface area (TPSA) is 79.9 Å². The lowest BCUT2D eigenvalue weighted by Crippen LogP contribution is -2.26. The average Bonchev–Trinajstić information content (AvgIpc) is 2.85. The van der Waals surface area contributed by atoms with Crippen LogP contribution in [0.25, 0.3) is 16.5 Å². The first-order valence-electron chi connectivity index (χ1n) is 6.85. The van der Waals surface area contributed by atoms with Gasteiger partial charge in [-0.1, -0.05) is 35.3 Å². The Kier molecular flexibility index (Phi) is 3.23. The number of benzene rings is 2. The molecule has 1 aliphatic rings. The molecular formula is C17H7Cl2NO4. The van der Waals surface area contributed by atoms with Gasteiger partial charge in [-0.3, -0.25) is 4.79 Å². The van der Waals surface area contributed by atoms with E-state index in [4.69, 9.17) is 27.6 Å². The number of nitrogens with zero attached hydrogens (tertiary/aromatic N) is 1. The van der Waals surface area contributed by atoms with E-state index in [1.807, 2.05) is 0 Å². The zero-order chi connectivity index (χ0) is 17.0. The molecule has 0 aliphatic carbocycles. The molecule has 0 saturated heterocycles. The zero-order valence-corrected chi connectivity index (χ0v) is 13.4. The molecule has 0 unspecified atom stereocenters. The molecule has 0 bridgehead atoms. The van der Waals surface area contributed by atoms with Crippen LogP contribution in [0.3, 0.4) is 0 Å². The minimum atomic E-state index is -0.839. The summed E-state index contributed by atoms with van der Waals surface area (Å²) in [7, 11) is 0. The van der Waals surface area contributed by atoms with Crippen LogP contribution in [0.15, 0.2) is 50.6 Å². The summed E-state index contributed by atoms with van der Waals surface area (Å²) in [5.41, 5.74) is -0.948. The molecule has 24 heavy (non-hydrogen) atoms. The first kappa shape index (κ1) is 14.9. The molecule has 7 heteroatoms. The predicted octanol–water partition coefficient (Wildman–Crippen LogP) is 2.16. The summed E-state index contributed by atoms with van der Waals surface area (Å²) >= 11 is 12.0. The molecule has 0 saturated carbocycles. The van der Waals surface area contributed by atoms with Gasteiger partial charge in [0.05, 0.1) is 21.3 Å². The van der Waals surface area contributed by atoms with Crippen molar-refractivity contribution in [3.63, 3.8) is 0 Å². The third-order valence-electron chi connectivity index (χ3n) is 3.76. The monoisotopic (exact) mass is 359 g/mol. The fraction of sp³-hybridized carbons (Fsp3) is 0. The van der Waals surface area contributed by atoms with Crippen molar-refractivity contribution in [3.8, 4) is 5.75 Å². The second-order valence-corrected chi connectivity index (χ2v) is 6.03. The molecular weight excluding hydrogens is 353 g/mol. The largest absolute Gasteiger partial charge is 0.506 e. The second-order valence-electron chi connectivity index (χ2n) is 5.19. The summed E-state index contributed by atoms with van der Waals surface area (Å²) in [5.74, 6) is -1.03. The Morgan fingerprint density at radius 2 is 1.83 bits per heavy atom. The van der Waals surface area contributed by atoms with E-state index in [2.05, 4.69) is 4.99 Å². The number of hydrogen-bond donors (Lipinski definition) is 1. The molecule has 0 radical (unpaired) electrons. The summed E-state index contributed by atoms with van der Waals surface area (Å²) in [4.78, 5) is 28.6. The number of hydrogen-bond acceptors (Lipinski definition) is 4. The number of rotatable bonds is 1. The second kappa shape index (κ2) is 5.19. The molecule has 1 amide bonds. The molecule has 1 N–H and O–H groups in total. The Labute approximate surface area is 144 Å². The van der Waals surface area contributed by atoms with Crippen molar-refractivity contribution in [1.82, 2.24) is 0 Å². The molecule has 0 spiro atoms. The smallest absolute Gasteiger partial charge is 0.348 e. The van der Waals surface area contributed by atoms with E-state index >= 15 is 0 Å². The predicted molar refractivity (Wildman–Crippen MR) is 88.9 cm³/mol. The van der Waals surface area contributed by atoms with Gasteiger partial charge in [-0.15, -0.1) is 0 Å². The van der Waals surface area contributed by atoms with Crippen molar-refractivity contribution in [2.24, 2.45) is 4.99 Å². The minimum absolute atomic E-state index is 0.0774.